The minimum Gasteiger partial charge on any atom is -0.493 e. The topological polar surface area (TPSA) is 400 Å². The van der Waals surface area contributed by atoms with Crippen LogP contribution in [-0.4, -0.2) is 250 Å². The predicted octanol–water partition coefficient (Wildman–Crippen LogP) is 14.9. The van der Waals surface area contributed by atoms with Gasteiger partial charge < -0.3 is 107 Å². The van der Waals surface area contributed by atoms with Gasteiger partial charge in [-0.05, 0) is 242 Å². The number of nitrogens with zero attached hydrogens (tertiary/aromatic N) is 11. The maximum atomic E-state index is 12.1. The van der Waals surface area contributed by atoms with Gasteiger partial charge in [0.25, 0.3) is 11.1 Å². The highest BCUT2D eigenvalue weighted by Gasteiger charge is 2.31. The van der Waals surface area contributed by atoms with E-state index in [4.69, 9.17) is 82.8 Å². The molecule has 4 fully saturated rings. The zero-order chi connectivity index (χ0) is 92.0. The number of ether oxygens (including phenoxy) is 10. The van der Waals surface area contributed by atoms with Gasteiger partial charge in [0.1, 0.15) is 11.2 Å². The SMILES string of the molecule is CC(C)(C)OC(=O)NCCBr.COc1ccc(-c2noc(C3CCN(CCN)CC3)n2)cc1OC.COc1ccc(-c2noc(C3CCN(CCNC(=O)OC(C)(C)C)CC3)n2)cc1OC.COc1ccc(-c2noc(C3CCN(CCNC(=O)c4ccccc4)CC3)n2)cc1OC.COc1ccc(-c2noc(C3CCNCC3)n2)cc1OC.O=C(Cl)c1ccccc1. The molecular formula is C92H122BrClN16O18. The van der Waals surface area contributed by atoms with Crippen LogP contribution in [0.25, 0.3) is 45.6 Å². The van der Waals surface area contributed by atoms with Crippen LogP contribution in [0.3, 0.4) is 0 Å². The highest BCUT2D eigenvalue weighted by Crippen LogP contribution is 2.39. The number of alkyl halides is 1. The Balaban J connectivity index is 0.000000181. The molecule has 8 heterocycles. The Morgan fingerprint density at radius 2 is 0.695 bits per heavy atom. The highest BCUT2D eigenvalue weighted by molar-refractivity contribution is 9.09. The molecule has 6 aromatic carbocycles. The third-order valence-electron chi connectivity index (χ3n) is 20.9. The zero-order valence-corrected chi connectivity index (χ0v) is 77.9. The Labute approximate surface area is 761 Å². The number of likely N-dealkylation sites (tertiary alicyclic amines) is 3. The summed E-state index contributed by atoms with van der Waals surface area (Å²) in [5.74, 6) is 11.4. The Bertz CT molecular complexity index is 5000. The van der Waals surface area contributed by atoms with Gasteiger partial charge in [-0.2, -0.15) is 19.9 Å². The second-order valence-corrected chi connectivity index (χ2v) is 33.2. The van der Waals surface area contributed by atoms with Gasteiger partial charge >= 0.3 is 12.2 Å². The van der Waals surface area contributed by atoms with Crippen molar-refractivity contribution in [3.8, 4) is 91.5 Å². The van der Waals surface area contributed by atoms with Crippen LogP contribution < -0.4 is 64.9 Å². The molecule has 4 aliphatic rings. The average molecular weight is 1860 g/mol. The maximum Gasteiger partial charge on any atom is 0.407 e. The summed E-state index contributed by atoms with van der Waals surface area (Å²) in [4.78, 5) is 70.6. The van der Waals surface area contributed by atoms with Gasteiger partial charge in [0, 0.05) is 108 Å². The van der Waals surface area contributed by atoms with Crippen molar-refractivity contribution < 1.29 is 84.6 Å². The van der Waals surface area contributed by atoms with E-state index in [2.05, 4.69) is 92.5 Å². The van der Waals surface area contributed by atoms with E-state index >= 15 is 0 Å². The third-order valence-corrected chi connectivity index (χ3v) is 21.5. The minimum atomic E-state index is -0.484. The summed E-state index contributed by atoms with van der Waals surface area (Å²) >= 11 is 8.35. The first-order chi connectivity index (χ1) is 61.8. The molecular weight excluding hydrogens is 1730 g/mol. The van der Waals surface area contributed by atoms with Crippen molar-refractivity contribution >= 4 is 50.9 Å². The summed E-state index contributed by atoms with van der Waals surface area (Å²) in [7, 11) is 12.8. The highest BCUT2D eigenvalue weighted by atomic mass is 79.9. The van der Waals surface area contributed by atoms with Crippen LogP contribution >= 0.6 is 27.5 Å². The molecule has 4 aliphatic heterocycles. The molecule has 0 atom stereocenters. The largest absolute Gasteiger partial charge is 0.493 e. The number of hydrogen-bond donors (Lipinski definition) is 5. The number of rotatable bonds is 28. The molecule has 36 heteroatoms. The van der Waals surface area contributed by atoms with Crippen LogP contribution in [0.1, 0.15) is 161 Å². The number of piperidine rings is 4. The quantitative estimate of drug-likeness (QED) is 0.0225. The first-order valence-corrected chi connectivity index (χ1v) is 44.2. The van der Waals surface area contributed by atoms with Gasteiger partial charge in [0.2, 0.25) is 46.9 Å². The number of alkyl carbamates (subject to hydrolysis) is 2. The first-order valence-electron chi connectivity index (χ1n) is 42.7. The summed E-state index contributed by atoms with van der Waals surface area (Å²) in [5.41, 5.74) is 9.30. The molecule has 0 aliphatic carbocycles. The summed E-state index contributed by atoms with van der Waals surface area (Å²) in [6.07, 6.45) is 7.12. The van der Waals surface area contributed by atoms with Crippen molar-refractivity contribution in [1.29, 1.82) is 0 Å². The lowest BCUT2D eigenvalue weighted by Gasteiger charge is -2.30. The number of halogens is 2. The maximum absolute atomic E-state index is 12.1. The van der Waals surface area contributed by atoms with Gasteiger partial charge in [0.15, 0.2) is 46.0 Å². The van der Waals surface area contributed by atoms with E-state index in [1.807, 2.05) is 151 Å². The lowest BCUT2D eigenvalue weighted by Crippen LogP contribution is -2.40. The van der Waals surface area contributed by atoms with Gasteiger partial charge in [-0.15, -0.1) is 0 Å². The number of carbonyl (C=O) groups excluding carboxylic acids is 4. The summed E-state index contributed by atoms with van der Waals surface area (Å²) in [6.45, 7) is 23.8. The number of hydrogen-bond acceptors (Lipinski definition) is 31. The number of methoxy groups -OCH3 is 8. The van der Waals surface area contributed by atoms with E-state index in [0.717, 1.165) is 157 Å². The predicted molar refractivity (Wildman–Crippen MR) is 488 cm³/mol. The van der Waals surface area contributed by atoms with E-state index < -0.39 is 16.4 Å². The molecule has 4 saturated heterocycles. The van der Waals surface area contributed by atoms with Crippen molar-refractivity contribution in [3.63, 3.8) is 0 Å². The van der Waals surface area contributed by atoms with Gasteiger partial charge in [-0.3, -0.25) is 9.59 Å². The molecule has 6 N–H and O–H groups in total. The average Bonchev–Trinajstić information content (AvgIpc) is 1.62. The first kappa shape index (κ1) is 100. The van der Waals surface area contributed by atoms with Crippen LogP contribution in [0.4, 0.5) is 9.59 Å². The molecule has 10 aromatic rings. The molecule has 0 saturated carbocycles. The lowest BCUT2D eigenvalue weighted by molar-refractivity contribution is 0.0512. The van der Waals surface area contributed by atoms with Crippen LogP contribution in [-0.2, 0) is 9.47 Å². The normalized spacial score (nSPS) is 14.7. The third kappa shape index (κ3) is 31.8. The second-order valence-electron chi connectivity index (χ2n) is 32.1. The Kier molecular flexibility index (Phi) is 40.4. The minimum absolute atomic E-state index is 0.0333. The number of benzene rings is 6. The number of aromatic nitrogens is 8. The molecule has 0 radical (unpaired) electrons. The monoisotopic (exact) mass is 1850 g/mol. The van der Waals surface area contributed by atoms with E-state index in [1.54, 1.807) is 81.1 Å². The molecule has 128 heavy (non-hydrogen) atoms. The second kappa shape index (κ2) is 51.5. The van der Waals surface area contributed by atoms with E-state index in [-0.39, 0.29) is 29.9 Å². The molecule has 0 spiro atoms. The number of amides is 3. The lowest BCUT2D eigenvalue weighted by atomic mass is 9.97. The fourth-order valence-corrected chi connectivity index (χ4v) is 14.4. The number of carbonyl (C=O) groups is 4. The molecule has 4 aromatic heterocycles. The molecule has 34 nitrogen and oxygen atoms in total. The van der Waals surface area contributed by atoms with Crippen molar-refractivity contribution in [3.05, 3.63) is 168 Å². The number of nitrogens with one attached hydrogen (secondary N) is 4. The molecule has 692 valence electrons. The van der Waals surface area contributed by atoms with Crippen LogP contribution in [0.15, 0.2) is 152 Å². The van der Waals surface area contributed by atoms with Crippen molar-refractivity contribution in [2.75, 3.05) is 160 Å². The van der Waals surface area contributed by atoms with Crippen molar-refractivity contribution in [2.24, 2.45) is 5.73 Å². The van der Waals surface area contributed by atoms with E-state index in [0.29, 0.717) is 136 Å². The van der Waals surface area contributed by atoms with Crippen molar-refractivity contribution in [2.45, 2.75) is 128 Å². The van der Waals surface area contributed by atoms with E-state index in [1.165, 1.54) is 0 Å². The van der Waals surface area contributed by atoms with Gasteiger partial charge in [-0.1, -0.05) is 85.1 Å². The standard InChI is InChI=1S/C24H28N4O4.C22H32N4O5.C17H24N4O3.C15H19N3O3.C7H14BrNO2.C7H5ClO/c1-30-20-9-8-19(16-21(20)31-2)22-26-24(32-27-22)18-10-13-28(14-11-18)15-12-25-23(29)17-6-4-3-5-7-17;1-22(2,3)30-21(27)23-10-13-26-11-8-15(9-12-26)20-24-19(25-31-20)16-6-7-17(28-4)18(14-16)29-5;1-22-14-4-3-13(11-15(14)23-2)16-19-17(24-20-16)12-5-8-21(9-6-12)10-7-18;1-19-12-4-3-11(9-13(12)20-2)14-17-15(21-18-14)10-5-7-16-8-6-10;1-7(2,3)11-6(10)9-5-4-8;8-7(9)6-4-2-1-3-5-6/h3-9,16,18H,10-15H2,1-2H3,(H,25,29);6-7,14-15H,8-13H2,1-5H3,(H,23,27);3-4,11-12H,5-10,18H2,1-2H3;3-4,9-10,16H,5-8H2,1-2H3;4-5H2,1-3H3,(H,9,10);1-5H. The smallest absolute Gasteiger partial charge is 0.407 e. The Hall–Kier alpha value is -11.5. The molecule has 0 unspecified atom stereocenters. The van der Waals surface area contributed by atoms with Crippen LogP contribution in [0, 0.1) is 0 Å². The van der Waals surface area contributed by atoms with Crippen molar-refractivity contribution in [1.82, 2.24) is 76.5 Å². The Morgan fingerprint density at radius 3 is 0.977 bits per heavy atom. The van der Waals surface area contributed by atoms with E-state index in [9.17, 15) is 19.2 Å². The molecule has 14 rings (SSSR count). The fraction of sp³-hybridized carbons (Fsp3) is 0.478. The summed E-state index contributed by atoms with van der Waals surface area (Å²) in [6, 6.07) is 40.3. The molecule has 3 amide bonds. The van der Waals surface area contributed by atoms with Gasteiger partial charge in [0.05, 0.1) is 56.9 Å². The van der Waals surface area contributed by atoms with Crippen LogP contribution in [0.2, 0.25) is 0 Å². The fourth-order valence-electron chi connectivity index (χ4n) is 14.1. The zero-order valence-electron chi connectivity index (χ0n) is 75.6. The number of nitrogens with two attached hydrogens (primary N) is 1. The summed E-state index contributed by atoms with van der Waals surface area (Å²) in [5, 5.41) is 28.6. The van der Waals surface area contributed by atoms with Crippen LogP contribution in [0.5, 0.6) is 46.0 Å². The Morgan fingerprint density at radius 1 is 0.406 bits per heavy atom. The summed E-state index contributed by atoms with van der Waals surface area (Å²) < 4.78 is 74.7. The molecule has 0 bridgehead atoms. The van der Waals surface area contributed by atoms with Gasteiger partial charge in [-0.25, -0.2) is 9.59 Å².